The van der Waals surface area contributed by atoms with E-state index < -0.39 is 10.0 Å². The van der Waals surface area contributed by atoms with Gasteiger partial charge in [-0.15, -0.1) is 0 Å². The number of benzene rings is 2. The maximum absolute atomic E-state index is 12.5. The zero-order chi connectivity index (χ0) is 18.4. The highest BCUT2D eigenvalue weighted by Crippen LogP contribution is 2.13. The van der Waals surface area contributed by atoms with E-state index >= 15 is 0 Å². The Labute approximate surface area is 154 Å². The number of carbonyl (C=O) groups is 1. The normalized spacial score (nSPS) is 17.2. The second-order valence-corrected chi connectivity index (χ2v) is 8.11. The van der Waals surface area contributed by atoms with Gasteiger partial charge in [0.15, 0.2) is 0 Å². The summed E-state index contributed by atoms with van der Waals surface area (Å²) in [6, 6.07) is 15.7. The molecule has 0 aromatic heterocycles. The first kappa shape index (κ1) is 18.6. The first-order chi connectivity index (χ1) is 12.5. The zero-order valence-electron chi connectivity index (χ0n) is 14.4. The second kappa shape index (κ2) is 8.44. The summed E-state index contributed by atoms with van der Waals surface area (Å²) in [7, 11) is -3.69. The van der Waals surface area contributed by atoms with E-state index in [0.29, 0.717) is 18.2 Å². The molecule has 138 valence electrons. The van der Waals surface area contributed by atoms with Crippen molar-refractivity contribution < 1.29 is 13.2 Å². The van der Waals surface area contributed by atoms with Crippen LogP contribution >= 0.6 is 0 Å². The third kappa shape index (κ3) is 4.91. The van der Waals surface area contributed by atoms with Gasteiger partial charge >= 0.3 is 0 Å². The van der Waals surface area contributed by atoms with Crippen LogP contribution in [0.3, 0.4) is 0 Å². The Balaban J connectivity index is 1.64. The van der Waals surface area contributed by atoms with Gasteiger partial charge in [-0.05, 0) is 43.1 Å². The molecule has 1 fully saturated rings. The fourth-order valence-corrected chi connectivity index (χ4v) is 3.97. The van der Waals surface area contributed by atoms with Crippen LogP contribution in [0.1, 0.15) is 28.8 Å². The molecule has 6 nitrogen and oxygen atoms in total. The lowest BCUT2D eigenvalue weighted by atomic mass is 10.2. The standard InChI is InChI=1S/C19H23N3O3S/c23-19(21-14-17-9-5-11-20-17)16-8-4-10-18(12-16)26(24,25)22-13-15-6-2-1-3-7-15/h1-4,6-8,10,12,17,20,22H,5,9,11,13-14H2,(H,21,23). The average Bonchev–Trinajstić information content (AvgIpc) is 3.19. The number of hydrogen-bond donors (Lipinski definition) is 3. The van der Waals surface area contributed by atoms with Crippen molar-refractivity contribution in [2.24, 2.45) is 0 Å². The first-order valence-electron chi connectivity index (χ1n) is 8.70. The number of rotatable bonds is 7. The highest BCUT2D eigenvalue weighted by molar-refractivity contribution is 7.89. The molecule has 3 N–H and O–H groups in total. The molecule has 0 saturated carbocycles. The summed E-state index contributed by atoms with van der Waals surface area (Å²) in [4.78, 5) is 12.4. The zero-order valence-corrected chi connectivity index (χ0v) is 15.3. The van der Waals surface area contributed by atoms with Crippen molar-refractivity contribution in [1.82, 2.24) is 15.4 Å². The minimum absolute atomic E-state index is 0.0834. The van der Waals surface area contributed by atoms with E-state index in [1.165, 1.54) is 12.1 Å². The van der Waals surface area contributed by atoms with Crippen molar-refractivity contribution in [2.45, 2.75) is 30.3 Å². The lowest BCUT2D eigenvalue weighted by Gasteiger charge is -2.12. The average molecular weight is 373 g/mol. The van der Waals surface area contributed by atoms with Crippen molar-refractivity contribution in [1.29, 1.82) is 0 Å². The lowest BCUT2D eigenvalue weighted by molar-refractivity contribution is 0.0950. The van der Waals surface area contributed by atoms with Crippen LogP contribution in [0.15, 0.2) is 59.5 Å². The monoisotopic (exact) mass is 373 g/mol. The minimum atomic E-state index is -3.69. The van der Waals surface area contributed by atoms with Crippen LogP contribution in [0.2, 0.25) is 0 Å². The number of amides is 1. The molecule has 2 aromatic carbocycles. The Morgan fingerprint density at radius 2 is 1.92 bits per heavy atom. The van der Waals surface area contributed by atoms with Crippen LogP contribution in [-0.4, -0.2) is 33.5 Å². The van der Waals surface area contributed by atoms with E-state index in [-0.39, 0.29) is 17.3 Å². The predicted molar refractivity (Wildman–Crippen MR) is 100 cm³/mol. The summed E-state index contributed by atoms with van der Waals surface area (Å²) in [5, 5.41) is 6.17. The van der Waals surface area contributed by atoms with Gasteiger partial charge < -0.3 is 10.6 Å². The van der Waals surface area contributed by atoms with Gasteiger partial charge in [-0.2, -0.15) is 0 Å². The molecule has 1 aliphatic rings. The highest BCUT2D eigenvalue weighted by Gasteiger charge is 2.18. The summed E-state index contributed by atoms with van der Waals surface area (Å²) in [6.07, 6.45) is 2.15. The predicted octanol–water partition coefficient (Wildman–Crippen LogP) is 1.65. The molecular formula is C19H23N3O3S. The van der Waals surface area contributed by atoms with Crippen LogP contribution in [0.5, 0.6) is 0 Å². The largest absolute Gasteiger partial charge is 0.350 e. The summed E-state index contributed by atoms with van der Waals surface area (Å²) in [6.45, 7) is 1.72. The van der Waals surface area contributed by atoms with E-state index in [1.807, 2.05) is 30.3 Å². The topological polar surface area (TPSA) is 87.3 Å². The maximum atomic E-state index is 12.5. The molecule has 1 unspecified atom stereocenters. The van der Waals surface area contributed by atoms with Gasteiger partial charge in [0, 0.05) is 24.7 Å². The van der Waals surface area contributed by atoms with Gasteiger partial charge in [-0.25, -0.2) is 13.1 Å². The Kier molecular flexibility index (Phi) is 6.03. The molecule has 1 amide bonds. The fourth-order valence-electron chi connectivity index (χ4n) is 2.91. The Hall–Kier alpha value is -2.22. The SMILES string of the molecule is O=C(NCC1CCCN1)c1cccc(S(=O)(=O)NCc2ccccc2)c1. The number of nitrogens with one attached hydrogen (secondary N) is 3. The first-order valence-corrected chi connectivity index (χ1v) is 10.2. The van der Waals surface area contributed by atoms with Crippen molar-refractivity contribution in [3.63, 3.8) is 0 Å². The molecule has 0 bridgehead atoms. The lowest BCUT2D eigenvalue weighted by Crippen LogP contribution is -2.37. The Morgan fingerprint density at radius 3 is 2.65 bits per heavy atom. The van der Waals surface area contributed by atoms with Crippen LogP contribution in [0, 0.1) is 0 Å². The third-order valence-electron chi connectivity index (χ3n) is 4.39. The van der Waals surface area contributed by atoms with Crippen LogP contribution in [0.4, 0.5) is 0 Å². The second-order valence-electron chi connectivity index (χ2n) is 6.34. The van der Waals surface area contributed by atoms with Crippen LogP contribution in [-0.2, 0) is 16.6 Å². The summed E-state index contributed by atoms with van der Waals surface area (Å²) in [5.41, 5.74) is 1.21. The molecular weight excluding hydrogens is 350 g/mol. The van der Waals surface area contributed by atoms with Gasteiger partial charge in [0.2, 0.25) is 10.0 Å². The summed E-state index contributed by atoms with van der Waals surface area (Å²) >= 11 is 0. The molecule has 1 atom stereocenters. The molecule has 1 heterocycles. The van der Waals surface area contributed by atoms with Crippen molar-refractivity contribution in [3.8, 4) is 0 Å². The van der Waals surface area contributed by atoms with Gasteiger partial charge in [-0.1, -0.05) is 36.4 Å². The molecule has 0 spiro atoms. The minimum Gasteiger partial charge on any atom is -0.350 e. The van der Waals surface area contributed by atoms with E-state index in [0.717, 1.165) is 24.9 Å². The van der Waals surface area contributed by atoms with Crippen molar-refractivity contribution in [2.75, 3.05) is 13.1 Å². The van der Waals surface area contributed by atoms with E-state index in [1.54, 1.807) is 12.1 Å². The molecule has 1 aliphatic heterocycles. The maximum Gasteiger partial charge on any atom is 0.251 e. The van der Waals surface area contributed by atoms with Crippen molar-refractivity contribution >= 4 is 15.9 Å². The molecule has 7 heteroatoms. The van der Waals surface area contributed by atoms with E-state index in [9.17, 15) is 13.2 Å². The number of hydrogen-bond acceptors (Lipinski definition) is 4. The number of sulfonamides is 1. The van der Waals surface area contributed by atoms with E-state index in [4.69, 9.17) is 0 Å². The molecule has 0 aliphatic carbocycles. The summed E-state index contributed by atoms with van der Waals surface area (Å²) < 4.78 is 27.6. The molecule has 3 rings (SSSR count). The van der Waals surface area contributed by atoms with Crippen molar-refractivity contribution in [3.05, 3.63) is 65.7 Å². The van der Waals surface area contributed by atoms with Crippen LogP contribution < -0.4 is 15.4 Å². The summed E-state index contributed by atoms with van der Waals surface area (Å²) in [5.74, 6) is -0.265. The molecule has 2 aromatic rings. The Morgan fingerprint density at radius 1 is 1.12 bits per heavy atom. The van der Waals surface area contributed by atoms with E-state index in [2.05, 4.69) is 15.4 Å². The Bertz CT molecular complexity index is 847. The fraction of sp³-hybridized carbons (Fsp3) is 0.316. The molecule has 0 radical (unpaired) electrons. The third-order valence-corrected chi connectivity index (χ3v) is 5.79. The highest BCUT2D eigenvalue weighted by atomic mass is 32.2. The van der Waals surface area contributed by atoms with Gasteiger partial charge in [-0.3, -0.25) is 4.79 Å². The number of carbonyl (C=O) groups excluding carboxylic acids is 1. The van der Waals surface area contributed by atoms with Gasteiger partial charge in [0.25, 0.3) is 5.91 Å². The van der Waals surface area contributed by atoms with Gasteiger partial charge in [0.1, 0.15) is 0 Å². The molecule has 26 heavy (non-hydrogen) atoms. The van der Waals surface area contributed by atoms with Gasteiger partial charge in [0.05, 0.1) is 4.90 Å². The quantitative estimate of drug-likeness (QED) is 0.689. The smallest absolute Gasteiger partial charge is 0.251 e. The van der Waals surface area contributed by atoms with Crippen LogP contribution in [0.25, 0.3) is 0 Å². The molecule has 1 saturated heterocycles.